The third kappa shape index (κ3) is 5.78. The minimum atomic E-state index is -4.61. The number of alkyl halides is 3. The van der Waals surface area contributed by atoms with Gasteiger partial charge in [-0.15, -0.1) is 0 Å². The standard InChI is InChI=1S/C18H16F3N7O2.H2S/c1-10(26-17(30)12-5-13(7-22-6-12)18(19,20)21)16-24-9-25-28(16)15-4-3-14(8-23-15)27-11(2)29;/h3-10H,1-2H3,(H,26,30)(H,27,29);1H2/t10-;/m0./s1. The van der Waals surface area contributed by atoms with Gasteiger partial charge in [0.15, 0.2) is 11.6 Å². The molecule has 0 radical (unpaired) electrons. The fourth-order valence-electron chi connectivity index (χ4n) is 2.57. The molecule has 0 aliphatic carbocycles. The van der Waals surface area contributed by atoms with E-state index >= 15 is 0 Å². The van der Waals surface area contributed by atoms with Gasteiger partial charge in [0.2, 0.25) is 5.91 Å². The van der Waals surface area contributed by atoms with Crippen molar-refractivity contribution in [2.45, 2.75) is 26.1 Å². The molecule has 3 aromatic rings. The quantitative estimate of drug-likeness (QED) is 0.614. The van der Waals surface area contributed by atoms with Crippen LogP contribution in [0, 0.1) is 0 Å². The highest BCUT2D eigenvalue weighted by Gasteiger charge is 2.31. The summed E-state index contributed by atoms with van der Waals surface area (Å²) in [6, 6.07) is 3.23. The van der Waals surface area contributed by atoms with Crippen LogP contribution in [0.3, 0.4) is 0 Å². The number of amides is 2. The maximum Gasteiger partial charge on any atom is 0.417 e. The molecule has 0 unspecified atom stereocenters. The Hall–Kier alpha value is -3.48. The third-order valence-corrected chi connectivity index (χ3v) is 3.92. The number of anilines is 1. The normalized spacial score (nSPS) is 11.9. The summed E-state index contributed by atoms with van der Waals surface area (Å²) in [5, 5.41) is 9.22. The molecule has 0 fully saturated rings. The minimum Gasteiger partial charge on any atom is -0.342 e. The molecule has 0 spiro atoms. The van der Waals surface area contributed by atoms with Crippen LogP contribution in [0.25, 0.3) is 5.82 Å². The van der Waals surface area contributed by atoms with E-state index in [2.05, 4.69) is 30.7 Å². The zero-order valence-corrected chi connectivity index (χ0v) is 17.3. The van der Waals surface area contributed by atoms with Crippen LogP contribution in [0.4, 0.5) is 18.9 Å². The van der Waals surface area contributed by atoms with Crippen LogP contribution in [0.5, 0.6) is 0 Å². The topological polar surface area (TPSA) is 115 Å². The van der Waals surface area contributed by atoms with E-state index in [1.807, 2.05) is 0 Å². The van der Waals surface area contributed by atoms with E-state index in [9.17, 15) is 22.8 Å². The van der Waals surface area contributed by atoms with Gasteiger partial charge in [-0.2, -0.15) is 36.4 Å². The Morgan fingerprint density at radius 2 is 1.87 bits per heavy atom. The van der Waals surface area contributed by atoms with Gasteiger partial charge >= 0.3 is 6.18 Å². The molecular formula is C18H18F3N7O2S. The molecule has 1 atom stereocenters. The fraction of sp³-hybridized carbons (Fsp3) is 0.222. The highest BCUT2D eigenvalue weighted by Crippen LogP contribution is 2.29. The van der Waals surface area contributed by atoms with Crippen LogP contribution in [-0.2, 0) is 11.0 Å². The second-order valence-corrected chi connectivity index (χ2v) is 6.27. The first-order valence-electron chi connectivity index (χ1n) is 8.62. The van der Waals surface area contributed by atoms with E-state index in [1.165, 1.54) is 24.1 Å². The largest absolute Gasteiger partial charge is 0.417 e. The Morgan fingerprint density at radius 3 is 2.48 bits per heavy atom. The monoisotopic (exact) mass is 453 g/mol. The molecule has 9 nitrogen and oxygen atoms in total. The van der Waals surface area contributed by atoms with E-state index in [4.69, 9.17) is 0 Å². The van der Waals surface area contributed by atoms with Crippen LogP contribution in [0.2, 0.25) is 0 Å². The molecule has 164 valence electrons. The van der Waals surface area contributed by atoms with Crippen molar-refractivity contribution in [1.29, 1.82) is 0 Å². The highest BCUT2D eigenvalue weighted by atomic mass is 32.1. The molecule has 3 heterocycles. The molecule has 0 bridgehead atoms. The summed E-state index contributed by atoms with van der Waals surface area (Å²) >= 11 is 0. The summed E-state index contributed by atoms with van der Waals surface area (Å²) in [6.07, 6.45) is -0.228. The SMILES string of the molecule is CC(=O)Nc1ccc(-n2ncnc2[C@H](C)NC(=O)c2cncc(C(F)(F)F)c2)nc1.S. The molecule has 31 heavy (non-hydrogen) atoms. The molecule has 0 aliphatic rings. The van der Waals surface area contributed by atoms with Gasteiger partial charge in [-0.3, -0.25) is 14.6 Å². The van der Waals surface area contributed by atoms with Gasteiger partial charge in [0.05, 0.1) is 29.1 Å². The van der Waals surface area contributed by atoms with Gasteiger partial charge in [0.1, 0.15) is 6.33 Å². The van der Waals surface area contributed by atoms with Crippen LogP contribution in [-0.4, -0.2) is 36.5 Å². The molecule has 2 N–H and O–H groups in total. The first-order valence-corrected chi connectivity index (χ1v) is 8.62. The lowest BCUT2D eigenvalue weighted by Gasteiger charge is -2.15. The Bertz CT molecular complexity index is 1070. The number of pyridine rings is 2. The third-order valence-electron chi connectivity index (χ3n) is 3.92. The zero-order chi connectivity index (χ0) is 21.9. The predicted molar refractivity (Wildman–Crippen MR) is 109 cm³/mol. The number of carbonyl (C=O) groups is 2. The lowest BCUT2D eigenvalue weighted by atomic mass is 10.2. The van der Waals surface area contributed by atoms with Crippen LogP contribution in [0.15, 0.2) is 43.1 Å². The molecule has 0 saturated carbocycles. The lowest BCUT2D eigenvalue weighted by molar-refractivity contribution is -0.137. The van der Waals surface area contributed by atoms with Crippen molar-refractivity contribution in [3.63, 3.8) is 0 Å². The van der Waals surface area contributed by atoms with E-state index in [0.717, 1.165) is 12.3 Å². The molecule has 0 saturated heterocycles. The summed E-state index contributed by atoms with van der Waals surface area (Å²) in [5.74, 6) is -0.308. The van der Waals surface area contributed by atoms with Gasteiger partial charge in [0, 0.05) is 19.3 Å². The van der Waals surface area contributed by atoms with Crippen molar-refractivity contribution in [1.82, 2.24) is 30.0 Å². The van der Waals surface area contributed by atoms with E-state index in [1.54, 1.807) is 19.1 Å². The summed E-state index contributed by atoms with van der Waals surface area (Å²) in [7, 11) is 0. The smallest absolute Gasteiger partial charge is 0.342 e. The van der Waals surface area contributed by atoms with Crippen molar-refractivity contribution in [2.24, 2.45) is 0 Å². The second kappa shape index (κ2) is 9.55. The summed E-state index contributed by atoms with van der Waals surface area (Å²) < 4.78 is 39.9. The van der Waals surface area contributed by atoms with Crippen molar-refractivity contribution in [2.75, 3.05) is 5.32 Å². The molecule has 3 aromatic heterocycles. The molecule has 0 aromatic carbocycles. The van der Waals surface area contributed by atoms with Crippen LogP contribution < -0.4 is 10.6 Å². The maximum atomic E-state index is 12.8. The number of hydrogen-bond acceptors (Lipinski definition) is 6. The van der Waals surface area contributed by atoms with Gasteiger partial charge < -0.3 is 10.6 Å². The maximum absolute atomic E-state index is 12.8. The molecular weight excluding hydrogens is 435 g/mol. The van der Waals surface area contributed by atoms with Gasteiger partial charge in [-0.05, 0) is 25.1 Å². The summed E-state index contributed by atoms with van der Waals surface area (Å²) in [5.41, 5.74) is -0.763. The van der Waals surface area contributed by atoms with Gasteiger partial charge in [-0.1, -0.05) is 0 Å². The number of halogens is 3. The lowest BCUT2D eigenvalue weighted by Crippen LogP contribution is -2.29. The number of nitrogens with zero attached hydrogens (tertiary/aromatic N) is 5. The number of nitrogens with one attached hydrogen (secondary N) is 2. The first kappa shape index (κ1) is 23.8. The zero-order valence-electron chi connectivity index (χ0n) is 16.3. The Labute approximate surface area is 181 Å². The number of aromatic nitrogens is 5. The molecule has 3 rings (SSSR count). The minimum absolute atomic E-state index is 0. The first-order chi connectivity index (χ1) is 14.1. The fourth-order valence-corrected chi connectivity index (χ4v) is 2.57. The Kier molecular flexibility index (Phi) is 7.33. The Morgan fingerprint density at radius 1 is 1.13 bits per heavy atom. The van der Waals surface area contributed by atoms with Gasteiger partial charge in [0.25, 0.3) is 5.91 Å². The van der Waals surface area contributed by atoms with Gasteiger partial charge in [-0.25, -0.2) is 9.97 Å². The van der Waals surface area contributed by atoms with E-state index in [-0.39, 0.29) is 25.0 Å². The number of hydrogen-bond donors (Lipinski definition) is 2. The van der Waals surface area contributed by atoms with Crippen molar-refractivity contribution in [3.05, 3.63) is 60.1 Å². The second-order valence-electron chi connectivity index (χ2n) is 6.27. The molecule has 0 aliphatic heterocycles. The highest BCUT2D eigenvalue weighted by molar-refractivity contribution is 7.59. The average Bonchev–Trinajstić information content (AvgIpc) is 3.17. The van der Waals surface area contributed by atoms with Crippen LogP contribution in [0.1, 0.15) is 41.6 Å². The van der Waals surface area contributed by atoms with Crippen molar-refractivity contribution >= 4 is 31.0 Å². The predicted octanol–water partition coefficient (Wildman–Crippen LogP) is 2.64. The van der Waals surface area contributed by atoms with Crippen molar-refractivity contribution in [3.8, 4) is 5.82 Å². The summed E-state index contributed by atoms with van der Waals surface area (Å²) in [6.45, 7) is 2.97. The number of rotatable bonds is 5. The molecule has 2 amide bonds. The van der Waals surface area contributed by atoms with E-state index in [0.29, 0.717) is 23.5 Å². The van der Waals surface area contributed by atoms with Crippen molar-refractivity contribution < 1.29 is 22.8 Å². The number of carbonyl (C=O) groups excluding carboxylic acids is 2. The summed E-state index contributed by atoms with van der Waals surface area (Å²) in [4.78, 5) is 35.3. The Balaban J connectivity index is 0.00000341. The molecule has 13 heteroatoms. The average molecular weight is 453 g/mol. The van der Waals surface area contributed by atoms with Crippen LogP contribution >= 0.6 is 13.5 Å². The van der Waals surface area contributed by atoms with E-state index < -0.39 is 23.7 Å².